The number of pyridine rings is 2. The quantitative estimate of drug-likeness (QED) is 0.112. The number of carbonyl (C=O) groups excluding carboxylic acids is 2. The van der Waals surface area contributed by atoms with Gasteiger partial charge in [-0.05, 0) is 112 Å². The van der Waals surface area contributed by atoms with Crippen molar-refractivity contribution in [2.24, 2.45) is 0 Å². The van der Waals surface area contributed by atoms with Gasteiger partial charge in [0, 0.05) is 64.2 Å². The average molecular weight is 979 g/mol. The van der Waals surface area contributed by atoms with Crippen molar-refractivity contribution in [3.63, 3.8) is 0 Å². The predicted molar refractivity (Wildman–Crippen MR) is 265 cm³/mol. The summed E-state index contributed by atoms with van der Waals surface area (Å²) in [6, 6.07) is 19.4. The van der Waals surface area contributed by atoms with Crippen molar-refractivity contribution in [3.05, 3.63) is 91.9 Å². The van der Waals surface area contributed by atoms with Crippen LogP contribution in [-0.2, 0) is 22.4 Å². The number of halogens is 5. The van der Waals surface area contributed by atoms with E-state index >= 15 is 0 Å². The van der Waals surface area contributed by atoms with Crippen LogP contribution in [-0.4, -0.2) is 98.8 Å². The van der Waals surface area contributed by atoms with Crippen LogP contribution in [0.15, 0.2) is 60.7 Å². The SMILES string of the molecule is CCCCCOc1ccc2c(n1)NC(=O)CC2.Cl.Clc1cccc(N2CCCNCC2)c1Cl.O=C1CCc2ccc(OCCCCN3CCCN(c4cccc(Cl)c4Cl)CC3)nc2N1. The summed E-state index contributed by atoms with van der Waals surface area (Å²) in [5.74, 6) is 2.53. The van der Waals surface area contributed by atoms with Crippen molar-refractivity contribution in [2.75, 3.05) is 92.5 Å². The van der Waals surface area contributed by atoms with Crippen LogP contribution in [0.3, 0.4) is 0 Å². The van der Waals surface area contributed by atoms with Crippen LogP contribution in [0.4, 0.5) is 23.0 Å². The second kappa shape index (κ2) is 27.0. The maximum atomic E-state index is 11.5. The Kier molecular flexibility index (Phi) is 21.6. The number of fused-ring (bicyclic) bond motifs is 2. The molecule has 0 saturated carbocycles. The Labute approximate surface area is 404 Å². The Morgan fingerprint density at radius 1 is 0.594 bits per heavy atom. The van der Waals surface area contributed by atoms with Crippen molar-refractivity contribution >= 4 is 93.6 Å². The molecular formula is C47H61Cl5N8O4. The number of hydrogen-bond acceptors (Lipinski definition) is 10. The van der Waals surface area contributed by atoms with Gasteiger partial charge in [-0.25, -0.2) is 0 Å². The summed E-state index contributed by atoms with van der Waals surface area (Å²) in [6.45, 7) is 12.6. The molecule has 0 unspecified atom stereocenters. The third-order valence-corrected chi connectivity index (χ3v) is 12.9. The first-order valence-electron chi connectivity index (χ1n) is 22.3. The summed E-state index contributed by atoms with van der Waals surface area (Å²) in [4.78, 5) is 38.6. The topological polar surface area (TPSA) is 124 Å². The monoisotopic (exact) mass is 976 g/mol. The van der Waals surface area contributed by atoms with E-state index in [1.807, 2.05) is 60.7 Å². The van der Waals surface area contributed by atoms with Crippen LogP contribution in [0.2, 0.25) is 20.1 Å². The minimum absolute atomic E-state index is 0. The van der Waals surface area contributed by atoms with Crippen molar-refractivity contribution in [2.45, 2.75) is 77.6 Å². The van der Waals surface area contributed by atoms with Crippen LogP contribution in [0, 0.1) is 0 Å². The number of hydrogen-bond donors (Lipinski definition) is 3. The van der Waals surface area contributed by atoms with Gasteiger partial charge in [0.2, 0.25) is 23.6 Å². The molecule has 2 aromatic heterocycles. The average Bonchev–Trinajstić information content (AvgIpc) is 3.71. The van der Waals surface area contributed by atoms with Crippen LogP contribution >= 0.6 is 58.8 Å². The molecule has 3 N–H and O–H groups in total. The second-order valence-electron chi connectivity index (χ2n) is 15.9. The van der Waals surface area contributed by atoms with E-state index in [0.717, 1.165) is 126 Å². The third kappa shape index (κ3) is 15.7. The first kappa shape index (κ1) is 51.2. The molecule has 348 valence electrons. The summed E-state index contributed by atoms with van der Waals surface area (Å²) in [6.07, 6.45) is 10.2. The summed E-state index contributed by atoms with van der Waals surface area (Å²) in [5.41, 5.74) is 4.23. The molecule has 4 aliphatic rings. The van der Waals surface area contributed by atoms with E-state index in [2.05, 4.69) is 47.5 Å². The highest BCUT2D eigenvalue weighted by Gasteiger charge is 2.20. The van der Waals surface area contributed by atoms with Gasteiger partial charge in [0.1, 0.15) is 11.6 Å². The number of unbranched alkanes of at least 4 members (excludes halogenated alkanes) is 3. The zero-order valence-electron chi connectivity index (χ0n) is 36.6. The van der Waals surface area contributed by atoms with Gasteiger partial charge in [-0.1, -0.05) is 78.3 Å². The number of nitrogens with zero attached hydrogens (tertiary/aromatic N) is 5. The maximum Gasteiger partial charge on any atom is 0.225 e. The molecule has 12 nitrogen and oxygen atoms in total. The molecule has 8 rings (SSSR count). The van der Waals surface area contributed by atoms with Gasteiger partial charge < -0.3 is 40.1 Å². The van der Waals surface area contributed by atoms with Crippen molar-refractivity contribution in [1.82, 2.24) is 20.2 Å². The summed E-state index contributed by atoms with van der Waals surface area (Å²) >= 11 is 24.8. The minimum atomic E-state index is 0. The number of ether oxygens (including phenoxy) is 2. The van der Waals surface area contributed by atoms with Crippen molar-refractivity contribution in [3.8, 4) is 11.8 Å². The molecule has 2 amide bonds. The number of anilines is 4. The second-order valence-corrected chi connectivity index (χ2v) is 17.5. The molecule has 0 atom stereocenters. The molecule has 6 heterocycles. The molecule has 2 aromatic carbocycles. The predicted octanol–water partition coefficient (Wildman–Crippen LogP) is 10.4. The number of rotatable bonds is 13. The fourth-order valence-corrected chi connectivity index (χ4v) is 8.57. The van der Waals surface area contributed by atoms with Gasteiger partial charge in [-0.3, -0.25) is 9.59 Å². The lowest BCUT2D eigenvalue weighted by molar-refractivity contribution is -0.117. The van der Waals surface area contributed by atoms with E-state index in [0.29, 0.717) is 69.5 Å². The Hall–Kier alpha value is -3.75. The number of nitrogens with one attached hydrogen (secondary N) is 3. The largest absolute Gasteiger partial charge is 0.478 e. The number of amides is 2. The van der Waals surface area contributed by atoms with Gasteiger partial charge >= 0.3 is 0 Å². The van der Waals surface area contributed by atoms with E-state index < -0.39 is 0 Å². The summed E-state index contributed by atoms with van der Waals surface area (Å²) < 4.78 is 11.4. The summed E-state index contributed by atoms with van der Waals surface area (Å²) in [5, 5.41) is 11.5. The molecule has 17 heteroatoms. The molecule has 0 spiro atoms. The maximum absolute atomic E-state index is 11.5. The van der Waals surface area contributed by atoms with E-state index in [1.165, 1.54) is 12.8 Å². The smallest absolute Gasteiger partial charge is 0.225 e. The highest BCUT2D eigenvalue weighted by molar-refractivity contribution is 6.44. The molecule has 0 radical (unpaired) electrons. The molecular weight excluding hydrogens is 918 g/mol. The Balaban J connectivity index is 0.000000197. The van der Waals surface area contributed by atoms with E-state index in [4.69, 9.17) is 55.9 Å². The lowest BCUT2D eigenvalue weighted by Gasteiger charge is -2.25. The van der Waals surface area contributed by atoms with Crippen LogP contribution in [0.1, 0.15) is 75.8 Å². The number of carbonyl (C=O) groups is 2. The zero-order chi connectivity index (χ0) is 44.4. The molecule has 4 aromatic rings. The van der Waals surface area contributed by atoms with Gasteiger partial charge in [0.25, 0.3) is 0 Å². The minimum Gasteiger partial charge on any atom is -0.478 e. The zero-order valence-corrected chi connectivity index (χ0v) is 40.5. The van der Waals surface area contributed by atoms with Crippen LogP contribution in [0.5, 0.6) is 11.8 Å². The molecule has 2 fully saturated rings. The number of aryl methyl sites for hydroxylation is 2. The van der Waals surface area contributed by atoms with Gasteiger partial charge in [-0.15, -0.1) is 12.4 Å². The highest BCUT2D eigenvalue weighted by Crippen LogP contribution is 2.34. The van der Waals surface area contributed by atoms with Crippen LogP contribution in [0.25, 0.3) is 0 Å². The van der Waals surface area contributed by atoms with Gasteiger partial charge in [0.15, 0.2) is 0 Å². The normalized spacial score (nSPS) is 16.1. The van der Waals surface area contributed by atoms with E-state index in [9.17, 15) is 9.59 Å². The number of benzene rings is 2. The first-order valence-corrected chi connectivity index (χ1v) is 23.9. The van der Waals surface area contributed by atoms with Crippen molar-refractivity contribution < 1.29 is 19.1 Å². The van der Waals surface area contributed by atoms with E-state index in [1.54, 1.807) is 0 Å². The highest BCUT2D eigenvalue weighted by atomic mass is 35.5. The van der Waals surface area contributed by atoms with Gasteiger partial charge in [0.05, 0.1) is 44.7 Å². The Bertz CT molecular complexity index is 2110. The molecule has 0 aliphatic carbocycles. The van der Waals surface area contributed by atoms with E-state index in [-0.39, 0.29) is 24.2 Å². The standard InChI is InChI=1S/C23H28Cl2N4O2.C13H18N2O2.C11H14Cl2N2.ClH/c24-18-5-3-6-19(22(18)25)29-13-4-12-28(14-15-29)11-1-2-16-31-21-10-8-17-7-9-20(30)26-23(17)27-21;1-2-3-4-9-17-12-8-6-10-5-7-11(16)14-13(10)15-12;12-9-3-1-4-10(11(9)13)15-7-2-5-14-6-8-15;/h3,5-6,8,10H,1-2,4,7,9,11-16H2,(H,26,27,30);6,8H,2-5,7,9H2,1H3,(H,14,15,16);1,3-4,14H,2,5-8H2;1H. The fraction of sp³-hybridized carbons (Fsp3) is 0.489. The fourth-order valence-electron chi connectivity index (χ4n) is 7.74. The molecule has 2 saturated heterocycles. The van der Waals surface area contributed by atoms with Crippen LogP contribution < -0.4 is 35.2 Å². The lowest BCUT2D eigenvalue weighted by atomic mass is 10.1. The van der Waals surface area contributed by atoms with Crippen molar-refractivity contribution in [1.29, 1.82) is 0 Å². The molecule has 64 heavy (non-hydrogen) atoms. The summed E-state index contributed by atoms with van der Waals surface area (Å²) in [7, 11) is 0. The Morgan fingerprint density at radius 2 is 1.14 bits per heavy atom. The number of aromatic nitrogens is 2. The first-order chi connectivity index (χ1) is 30.7. The lowest BCUT2D eigenvalue weighted by Crippen LogP contribution is -2.31. The molecule has 4 aliphatic heterocycles. The van der Waals surface area contributed by atoms with Gasteiger partial charge in [-0.2, -0.15) is 9.97 Å². The third-order valence-electron chi connectivity index (χ3n) is 11.3. The molecule has 0 bridgehead atoms. The Morgan fingerprint density at radius 3 is 1.72 bits per heavy atom.